The summed E-state index contributed by atoms with van der Waals surface area (Å²) in [7, 11) is 0. The zero-order valence-electron chi connectivity index (χ0n) is 24.0. The number of hydrogen-bond acceptors (Lipinski definition) is 19. The second-order valence-electron chi connectivity index (χ2n) is 11.2. The predicted molar refractivity (Wildman–Crippen MR) is 140 cm³/mol. The minimum atomic E-state index is -2.61. The zero-order valence-corrected chi connectivity index (χ0v) is 24.0. The van der Waals surface area contributed by atoms with Crippen molar-refractivity contribution in [2.24, 2.45) is 0 Å². The van der Waals surface area contributed by atoms with Crippen LogP contribution in [0.25, 0.3) is 0 Å². The molecule has 0 amide bonds. The quantitative estimate of drug-likeness (QED) is 0.111. The molecule has 4 rings (SSSR count). The largest absolute Gasteiger partial charge is 0.506 e. The van der Waals surface area contributed by atoms with Gasteiger partial charge in [0.1, 0.15) is 79.0 Å². The molecule has 3 aliphatic heterocycles. The number of nitrogens with zero attached hydrogens (tertiary/aromatic N) is 1. The number of aliphatic hydroxyl groups is 12. The fourth-order valence-electron chi connectivity index (χ4n) is 5.62. The Labute approximate surface area is 255 Å². The Morgan fingerprint density at radius 1 is 0.711 bits per heavy atom. The highest BCUT2D eigenvalue weighted by atomic mass is 16.8. The molecule has 4 heterocycles. The van der Waals surface area contributed by atoms with Crippen LogP contribution in [0.3, 0.4) is 0 Å². The smallest absolute Gasteiger partial charge is 0.205 e. The molecule has 19 nitrogen and oxygen atoms in total. The van der Waals surface area contributed by atoms with Crippen molar-refractivity contribution in [1.29, 1.82) is 0 Å². The molecule has 19 heteroatoms. The number of ether oxygens (including phenoxy) is 5. The normalized spacial score (nSPS) is 44.2. The Kier molecular flexibility index (Phi) is 11.7. The van der Waals surface area contributed by atoms with Gasteiger partial charge in [-0.25, -0.2) is 0 Å². The van der Waals surface area contributed by atoms with Crippen LogP contribution in [0.5, 0.6) is 5.75 Å². The highest BCUT2D eigenvalue weighted by Crippen LogP contribution is 2.42. The lowest BCUT2D eigenvalue weighted by Gasteiger charge is -2.53. The molecule has 258 valence electrons. The van der Waals surface area contributed by atoms with Crippen molar-refractivity contribution >= 4 is 0 Å². The van der Waals surface area contributed by atoms with E-state index in [2.05, 4.69) is 4.98 Å². The molecule has 0 radical (unpaired) electrons. The summed E-state index contributed by atoms with van der Waals surface area (Å²) in [5.41, 5.74) is -0.0439. The van der Waals surface area contributed by atoms with Crippen molar-refractivity contribution < 1.29 is 90.1 Å². The van der Waals surface area contributed by atoms with E-state index in [0.717, 1.165) is 0 Å². The topological polar surface area (TPSA) is 322 Å². The minimum absolute atomic E-state index is 0.0344. The van der Waals surface area contributed by atoms with Gasteiger partial charge in [0.2, 0.25) is 5.79 Å². The summed E-state index contributed by atoms with van der Waals surface area (Å²) in [5.74, 6) is -3.05. The van der Waals surface area contributed by atoms with Gasteiger partial charge in [-0.15, -0.1) is 0 Å². The fraction of sp³-hybridized carbons (Fsp3) is 0.808. The van der Waals surface area contributed by atoms with Crippen molar-refractivity contribution in [3.8, 4) is 5.75 Å². The van der Waals surface area contributed by atoms with Crippen molar-refractivity contribution in [2.75, 3.05) is 19.8 Å². The Hall–Kier alpha value is -1.73. The van der Waals surface area contributed by atoms with E-state index in [1.165, 1.54) is 13.1 Å². The second kappa shape index (κ2) is 14.6. The van der Waals surface area contributed by atoms with E-state index in [-0.39, 0.29) is 16.8 Å². The number of rotatable bonds is 10. The summed E-state index contributed by atoms with van der Waals surface area (Å²) >= 11 is 0. The summed E-state index contributed by atoms with van der Waals surface area (Å²) in [4.78, 5) is 4.04. The standard InChI is InChI=1S/C26H41NO18/c1-8-14(32)10(4-28)9(3-27-8)2-26(45-25-22(40)19(37)16(34)12(6-30)42-25)23(20(38)17(35)13(7-31)44-26)43-24-21(39)18(36)15(33)11(5-29)41-24/h3,11-13,15-25,28-40H,2,4-7H2,1H3/t11-,12-,13-,15-,16-,17-,18+,19+,20+,21-,22-,23-,24+,25+,26+/m1/s1. The second-order valence-corrected chi connectivity index (χ2v) is 11.2. The van der Waals surface area contributed by atoms with Crippen LogP contribution in [0.15, 0.2) is 6.20 Å². The molecule has 3 saturated heterocycles. The van der Waals surface area contributed by atoms with E-state index >= 15 is 0 Å². The van der Waals surface area contributed by atoms with E-state index in [1.54, 1.807) is 0 Å². The van der Waals surface area contributed by atoms with Crippen LogP contribution in [0.4, 0.5) is 0 Å². The van der Waals surface area contributed by atoms with Crippen LogP contribution in [-0.4, -0.2) is 183 Å². The Morgan fingerprint density at radius 2 is 1.22 bits per heavy atom. The molecular formula is C26H41NO18. The summed E-state index contributed by atoms with van der Waals surface area (Å²) in [6, 6.07) is 0. The van der Waals surface area contributed by atoms with Crippen LogP contribution in [-0.2, 0) is 36.7 Å². The molecule has 45 heavy (non-hydrogen) atoms. The maximum atomic E-state index is 11.3. The van der Waals surface area contributed by atoms with Gasteiger partial charge in [0.15, 0.2) is 12.6 Å². The molecule has 3 aliphatic rings. The lowest BCUT2D eigenvalue weighted by atomic mass is 9.86. The average Bonchev–Trinajstić information content (AvgIpc) is 3.03. The Balaban J connectivity index is 1.85. The summed E-state index contributed by atoms with van der Waals surface area (Å²) < 4.78 is 28.7. The molecule has 13 N–H and O–H groups in total. The van der Waals surface area contributed by atoms with E-state index in [9.17, 15) is 66.4 Å². The third-order valence-corrected chi connectivity index (χ3v) is 8.32. The van der Waals surface area contributed by atoms with E-state index in [4.69, 9.17) is 23.7 Å². The maximum absolute atomic E-state index is 11.3. The third kappa shape index (κ3) is 6.82. The molecule has 0 aliphatic carbocycles. The molecule has 0 saturated carbocycles. The Morgan fingerprint density at radius 3 is 1.76 bits per heavy atom. The molecule has 0 bridgehead atoms. The van der Waals surface area contributed by atoms with Crippen molar-refractivity contribution in [3.05, 3.63) is 23.0 Å². The number of hydrogen-bond donors (Lipinski definition) is 13. The van der Waals surface area contributed by atoms with Gasteiger partial charge in [0.25, 0.3) is 0 Å². The van der Waals surface area contributed by atoms with Crippen molar-refractivity contribution in [2.45, 2.75) is 112 Å². The zero-order chi connectivity index (χ0) is 33.4. The first-order valence-corrected chi connectivity index (χ1v) is 14.1. The first-order chi connectivity index (χ1) is 21.2. The van der Waals surface area contributed by atoms with Crippen LogP contribution in [0.2, 0.25) is 0 Å². The fourth-order valence-corrected chi connectivity index (χ4v) is 5.62. The molecule has 0 aromatic carbocycles. The minimum Gasteiger partial charge on any atom is -0.506 e. The van der Waals surface area contributed by atoms with Crippen LogP contribution < -0.4 is 0 Å². The predicted octanol–water partition coefficient (Wildman–Crippen LogP) is -7.06. The SMILES string of the molecule is Cc1ncc(C[C@@]2(O[C@@H]3O[C@H](CO)[C@@H](O)[C@H](O)[C@H]3O)O[C@H](CO)[C@@H](O)[C@H](O)[C@H]2O[C@@H]2O[C@H](CO)[C@@H](O)[C@H](O)[C@H]2O)c(CO)c1O. The number of aryl methyl sites for hydroxylation is 1. The van der Waals surface area contributed by atoms with Crippen LogP contribution in [0.1, 0.15) is 16.8 Å². The number of aromatic hydroxyl groups is 1. The van der Waals surface area contributed by atoms with Gasteiger partial charge in [-0.1, -0.05) is 0 Å². The van der Waals surface area contributed by atoms with Gasteiger partial charge in [-0.05, 0) is 12.5 Å². The van der Waals surface area contributed by atoms with Gasteiger partial charge in [-0.3, -0.25) is 4.98 Å². The summed E-state index contributed by atoms with van der Waals surface area (Å²) in [6.45, 7) is -2.01. The van der Waals surface area contributed by atoms with Gasteiger partial charge >= 0.3 is 0 Å². The molecule has 0 spiro atoms. The van der Waals surface area contributed by atoms with Crippen molar-refractivity contribution in [1.82, 2.24) is 4.98 Å². The molecule has 0 unspecified atom stereocenters. The summed E-state index contributed by atoms with van der Waals surface area (Å²) in [6.07, 6.45) is -25.9. The van der Waals surface area contributed by atoms with Gasteiger partial charge < -0.3 is 90.1 Å². The molecule has 3 fully saturated rings. The van der Waals surface area contributed by atoms with Crippen molar-refractivity contribution in [3.63, 3.8) is 0 Å². The Bertz CT molecular complexity index is 1130. The van der Waals surface area contributed by atoms with Gasteiger partial charge in [0, 0.05) is 18.2 Å². The van der Waals surface area contributed by atoms with Crippen LogP contribution >= 0.6 is 0 Å². The first-order valence-electron chi connectivity index (χ1n) is 14.1. The van der Waals surface area contributed by atoms with E-state index < -0.39 is 130 Å². The first kappa shape index (κ1) is 36.1. The number of pyridine rings is 1. The molecular weight excluding hydrogens is 614 g/mol. The van der Waals surface area contributed by atoms with E-state index in [1.807, 2.05) is 0 Å². The highest BCUT2D eigenvalue weighted by molar-refractivity contribution is 5.41. The maximum Gasteiger partial charge on any atom is 0.205 e. The summed E-state index contributed by atoms with van der Waals surface area (Å²) in [5, 5.41) is 135. The molecule has 15 atom stereocenters. The third-order valence-electron chi connectivity index (χ3n) is 8.32. The molecule has 1 aromatic rings. The monoisotopic (exact) mass is 655 g/mol. The number of aliphatic hydroxyl groups excluding tert-OH is 12. The highest BCUT2D eigenvalue weighted by Gasteiger charge is 2.61. The average molecular weight is 656 g/mol. The number of aromatic nitrogens is 1. The van der Waals surface area contributed by atoms with Gasteiger partial charge in [-0.2, -0.15) is 0 Å². The van der Waals surface area contributed by atoms with E-state index in [0.29, 0.717) is 0 Å². The lowest BCUT2D eigenvalue weighted by molar-refractivity contribution is -0.442. The molecule has 1 aromatic heterocycles. The lowest BCUT2D eigenvalue weighted by Crippen LogP contribution is -2.72. The van der Waals surface area contributed by atoms with Crippen LogP contribution in [0, 0.1) is 6.92 Å². The van der Waals surface area contributed by atoms with Gasteiger partial charge in [0.05, 0.1) is 32.1 Å².